The van der Waals surface area contributed by atoms with Crippen LogP contribution in [0.3, 0.4) is 0 Å². The van der Waals surface area contributed by atoms with Gasteiger partial charge < -0.3 is 15.0 Å². The van der Waals surface area contributed by atoms with Crippen molar-refractivity contribution in [1.29, 1.82) is 0 Å². The largest absolute Gasteiger partial charge is 0.479 e. The Bertz CT molecular complexity index is 988. The molecule has 1 unspecified atom stereocenters. The normalized spacial score (nSPS) is 15.4. The van der Waals surface area contributed by atoms with E-state index in [1.54, 1.807) is 20.0 Å². The fraction of sp³-hybridized carbons (Fsp3) is 0.176. The lowest BCUT2D eigenvalue weighted by Gasteiger charge is -2.30. The highest BCUT2D eigenvalue weighted by atomic mass is 16.6. The third kappa shape index (κ3) is 3.45. The fourth-order valence-electron chi connectivity index (χ4n) is 2.74. The van der Waals surface area contributed by atoms with E-state index in [0.29, 0.717) is 17.1 Å². The molecule has 11 heteroatoms. The minimum absolute atomic E-state index is 0.215. The highest BCUT2D eigenvalue weighted by Gasteiger charge is 2.29. The molecule has 0 radical (unpaired) electrons. The Labute approximate surface area is 157 Å². The monoisotopic (exact) mass is 386 g/mol. The van der Waals surface area contributed by atoms with Crippen LogP contribution in [0.2, 0.25) is 0 Å². The van der Waals surface area contributed by atoms with Gasteiger partial charge in [0.05, 0.1) is 27.2 Å². The summed E-state index contributed by atoms with van der Waals surface area (Å²) in [7, 11) is 1.60. The molecule has 1 heterocycles. The molecule has 1 aliphatic rings. The third-order valence-electron chi connectivity index (χ3n) is 4.15. The summed E-state index contributed by atoms with van der Waals surface area (Å²) in [4.78, 5) is 46.1. The number of nitrogens with one attached hydrogen (secondary N) is 1. The summed E-state index contributed by atoms with van der Waals surface area (Å²) in [6.45, 7) is 1.59. The lowest BCUT2D eigenvalue weighted by atomic mass is 10.1. The van der Waals surface area contributed by atoms with Crippen molar-refractivity contribution in [2.75, 3.05) is 17.3 Å². The van der Waals surface area contributed by atoms with E-state index < -0.39 is 33.2 Å². The third-order valence-corrected chi connectivity index (χ3v) is 4.15. The van der Waals surface area contributed by atoms with Gasteiger partial charge in [-0.1, -0.05) is 0 Å². The van der Waals surface area contributed by atoms with Gasteiger partial charge in [-0.15, -0.1) is 0 Å². The van der Waals surface area contributed by atoms with E-state index in [9.17, 15) is 29.8 Å². The number of fused-ring (bicyclic) bond motifs is 1. The van der Waals surface area contributed by atoms with Crippen LogP contribution >= 0.6 is 0 Å². The molecule has 0 aliphatic carbocycles. The van der Waals surface area contributed by atoms with Gasteiger partial charge in [0.15, 0.2) is 6.10 Å². The zero-order valence-electron chi connectivity index (χ0n) is 14.7. The maximum Gasteiger partial charge on any atom is 0.277 e. The summed E-state index contributed by atoms with van der Waals surface area (Å²) >= 11 is 0. The molecular weight excluding hydrogens is 372 g/mol. The first-order chi connectivity index (χ1) is 13.2. The summed E-state index contributed by atoms with van der Waals surface area (Å²) in [5, 5.41) is 24.4. The lowest BCUT2D eigenvalue weighted by Crippen LogP contribution is -2.41. The van der Waals surface area contributed by atoms with Gasteiger partial charge in [0.1, 0.15) is 5.75 Å². The van der Waals surface area contributed by atoms with E-state index in [0.717, 1.165) is 18.2 Å². The number of amides is 2. The Hall–Kier alpha value is -4.02. The van der Waals surface area contributed by atoms with Gasteiger partial charge in [0.25, 0.3) is 23.2 Å². The number of non-ortho nitro benzene ring substituents is 2. The first-order valence-corrected chi connectivity index (χ1v) is 8.01. The Balaban J connectivity index is 1.90. The van der Waals surface area contributed by atoms with Crippen molar-refractivity contribution in [2.45, 2.75) is 13.0 Å². The molecule has 0 aromatic heterocycles. The van der Waals surface area contributed by atoms with Gasteiger partial charge in [-0.2, -0.15) is 0 Å². The minimum Gasteiger partial charge on any atom is -0.479 e. The number of nitro groups is 2. The highest BCUT2D eigenvalue weighted by molar-refractivity contribution is 6.06. The second-order valence-electron chi connectivity index (χ2n) is 6.05. The summed E-state index contributed by atoms with van der Waals surface area (Å²) in [5.41, 5.74) is -0.552. The van der Waals surface area contributed by atoms with E-state index in [1.165, 1.54) is 17.0 Å². The molecule has 11 nitrogen and oxygen atoms in total. The molecular formula is C17H14N4O7. The maximum atomic E-state index is 12.5. The molecule has 28 heavy (non-hydrogen) atoms. The number of benzene rings is 2. The van der Waals surface area contributed by atoms with Crippen LogP contribution in [-0.4, -0.2) is 34.8 Å². The molecule has 1 aliphatic heterocycles. The maximum absolute atomic E-state index is 12.5. The van der Waals surface area contributed by atoms with Crippen LogP contribution in [0.5, 0.6) is 5.75 Å². The number of rotatable bonds is 4. The van der Waals surface area contributed by atoms with Crippen LogP contribution in [0.1, 0.15) is 17.3 Å². The summed E-state index contributed by atoms with van der Waals surface area (Å²) < 4.78 is 5.52. The van der Waals surface area contributed by atoms with Crippen molar-refractivity contribution < 1.29 is 24.2 Å². The van der Waals surface area contributed by atoms with Crippen molar-refractivity contribution in [3.05, 3.63) is 62.2 Å². The van der Waals surface area contributed by atoms with Gasteiger partial charge in [-0.25, -0.2) is 0 Å². The van der Waals surface area contributed by atoms with Crippen molar-refractivity contribution >= 4 is 34.6 Å². The highest BCUT2D eigenvalue weighted by Crippen LogP contribution is 2.35. The number of ether oxygens (including phenoxy) is 1. The number of nitro benzene ring substituents is 2. The Morgan fingerprint density at radius 3 is 2.29 bits per heavy atom. The number of nitrogens with zero attached hydrogens (tertiary/aromatic N) is 3. The molecule has 2 aromatic carbocycles. The zero-order chi connectivity index (χ0) is 20.6. The van der Waals surface area contributed by atoms with Gasteiger partial charge in [0.2, 0.25) is 0 Å². The van der Waals surface area contributed by atoms with Crippen LogP contribution in [0.15, 0.2) is 36.4 Å². The van der Waals surface area contributed by atoms with E-state index >= 15 is 0 Å². The number of carbonyl (C=O) groups is 2. The van der Waals surface area contributed by atoms with Crippen LogP contribution in [0.25, 0.3) is 0 Å². The average Bonchev–Trinajstić information content (AvgIpc) is 2.65. The molecule has 144 valence electrons. The summed E-state index contributed by atoms with van der Waals surface area (Å²) in [6, 6.07) is 7.27. The van der Waals surface area contributed by atoms with Crippen LogP contribution < -0.4 is 15.0 Å². The van der Waals surface area contributed by atoms with Gasteiger partial charge in [0, 0.05) is 30.9 Å². The number of hydrogen-bond donors (Lipinski definition) is 1. The number of hydrogen-bond acceptors (Lipinski definition) is 7. The SMILES string of the molecule is CC1Oc2cc(NC(=O)c3cc([N+](=O)[O-])cc([N+](=O)[O-])c3)ccc2N(C)C1=O. The van der Waals surface area contributed by atoms with Crippen molar-refractivity contribution in [3.63, 3.8) is 0 Å². The molecule has 2 aromatic rings. The first-order valence-electron chi connectivity index (χ1n) is 8.01. The molecule has 2 amide bonds. The molecule has 1 atom stereocenters. The van der Waals surface area contributed by atoms with Crippen molar-refractivity contribution in [3.8, 4) is 5.75 Å². The minimum atomic E-state index is -0.815. The number of anilines is 2. The Morgan fingerprint density at radius 1 is 1.11 bits per heavy atom. The molecule has 0 fully saturated rings. The molecule has 3 rings (SSSR count). The molecule has 0 saturated heterocycles. The standard InChI is InChI=1S/C17H14N4O7/c1-9-17(23)19(2)14-4-3-11(7-15(14)28-9)18-16(22)10-5-12(20(24)25)8-13(6-10)21(26)27/h3-9H,1-2H3,(H,18,22). The van der Waals surface area contributed by atoms with E-state index in [-0.39, 0.29) is 11.5 Å². The molecule has 0 spiro atoms. The molecule has 0 bridgehead atoms. The Kier molecular flexibility index (Phi) is 4.65. The van der Waals surface area contributed by atoms with Crippen LogP contribution in [0.4, 0.5) is 22.7 Å². The average molecular weight is 386 g/mol. The van der Waals surface area contributed by atoms with Crippen molar-refractivity contribution in [2.24, 2.45) is 0 Å². The predicted molar refractivity (Wildman–Crippen MR) is 97.6 cm³/mol. The van der Waals surface area contributed by atoms with E-state index in [1.807, 2.05) is 0 Å². The van der Waals surface area contributed by atoms with Crippen molar-refractivity contribution in [1.82, 2.24) is 0 Å². The smallest absolute Gasteiger partial charge is 0.277 e. The van der Waals surface area contributed by atoms with Crippen LogP contribution in [-0.2, 0) is 4.79 Å². The van der Waals surface area contributed by atoms with Gasteiger partial charge >= 0.3 is 0 Å². The summed E-state index contributed by atoms with van der Waals surface area (Å²) in [5.74, 6) is -0.606. The molecule has 1 N–H and O–H groups in total. The van der Waals surface area contributed by atoms with Crippen LogP contribution in [0, 0.1) is 20.2 Å². The zero-order valence-corrected chi connectivity index (χ0v) is 14.7. The lowest BCUT2D eigenvalue weighted by molar-refractivity contribution is -0.394. The fourth-order valence-corrected chi connectivity index (χ4v) is 2.74. The second-order valence-corrected chi connectivity index (χ2v) is 6.05. The number of likely N-dealkylation sites (N-methyl/N-ethyl adjacent to an activating group) is 1. The Morgan fingerprint density at radius 2 is 1.71 bits per heavy atom. The predicted octanol–water partition coefficient (Wildman–Crippen LogP) is 2.50. The van der Waals surface area contributed by atoms with Gasteiger partial charge in [-0.05, 0) is 19.1 Å². The van der Waals surface area contributed by atoms with Gasteiger partial charge in [-0.3, -0.25) is 29.8 Å². The summed E-state index contributed by atoms with van der Waals surface area (Å²) in [6.07, 6.45) is -0.692. The quantitative estimate of drug-likeness (QED) is 0.627. The van der Waals surface area contributed by atoms with E-state index in [2.05, 4.69) is 5.32 Å². The van der Waals surface area contributed by atoms with E-state index in [4.69, 9.17) is 4.74 Å². The second kappa shape index (κ2) is 6.95. The topological polar surface area (TPSA) is 145 Å². The number of carbonyl (C=O) groups excluding carboxylic acids is 2. The first kappa shape index (κ1) is 18.8. The molecule has 0 saturated carbocycles.